The molecule has 124 valence electrons. The summed E-state index contributed by atoms with van der Waals surface area (Å²) in [4.78, 5) is 0. The van der Waals surface area contributed by atoms with Crippen LogP contribution in [0.15, 0.2) is 0 Å². The predicted molar refractivity (Wildman–Crippen MR) is 98.6 cm³/mol. The van der Waals surface area contributed by atoms with Crippen LogP contribution in [0.25, 0.3) is 0 Å². The van der Waals surface area contributed by atoms with E-state index in [1.807, 2.05) is 0 Å². The van der Waals surface area contributed by atoms with Crippen LogP contribution in [0.4, 0.5) is 0 Å². The normalized spacial score (nSPS) is 13.2. The van der Waals surface area contributed by atoms with Crippen molar-refractivity contribution in [3.05, 3.63) is 0 Å². The molecule has 5 heteroatoms. The van der Waals surface area contributed by atoms with Crippen LogP contribution in [-0.4, -0.2) is 39.3 Å². The topological polar surface area (TPSA) is 0 Å². The molecule has 0 amide bonds. The average Bonchev–Trinajstić information content (AvgIpc) is 2.21. The summed E-state index contributed by atoms with van der Waals surface area (Å²) in [5.74, 6) is 0. The van der Waals surface area contributed by atoms with Gasteiger partial charge in [-0.05, 0) is 22.6 Å². The number of halogens is 2. The van der Waals surface area contributed by atoms with Gasteiger partial charge in [-0.15, -0.1) is 23.2 Å². The predicted octanol–water partition coefficient (Wildman–Crippen LogP) is 6.76. The van der Waals surface area contributed by atoms with Gasteiger partial charge in [0, 0.05) is 12.3 Å². The maximum atomic E-state index is 6.70. The Hall–Kier alpha value is 2.10. The molecule has 0 aliphatic carbocycles. The minimum Gasteiger partial charge on any atom is -0.101 e. The zero-order valence-corrected chi connectivity index (χ0v) is 19.0. The molecule has 0 aliphatic heterocycles. The minimum absolute atomic E-state index is 0. The van der Waals surface area contributed by atoms with Crippen LogP contribution >= 0.6 is 39.0 Å². The number of hydrogen-bond acceptors (Lipinski definition) is 0. The Bertz CT molecular complexity index is 216. The molecule has 0 atom stereocenters. The van der Waals surface area contributed by atoms with Gasteiger partial charge in [0.1, 0.15) is 4.33 Å². The third-order valence-corrected chi connectivity index (χ3v) is 11.9. The van der Waals surface area contributed by atoms with Crippen molar-refractivity contribution in [3.8, 4) is 0 Å². The largest absolute Gasteiger partial charge is 2.00 e. The molecule has 0 radical (unpaired) electrons. The minimum atomic E-state index is -0.527. The molecular weight excluding hydrogens is 419 g/mol. The molecule has 0 N–H and O–H groups in total. The summed E-state index contributed by atoms with van der Waals surface area (Å²) in [6.07, 6.45) is 1.97. The van der Waals surface area contributed by atoms with Gasteiger partial charge in [0.05, 0.1) is 0 Å². The quantitative estimate of drug-likeness (QED) is 0.217. The Labute approximate surface area is 153 Å². The first kappa shape index (κ1) is 24.4. The number of hydrogen-bond donors (Lipinski definition) is 0. The van der Waals surface area contributed by atoms with Gasteiger partial charge in [-0.1, -0.05) is 71.2 Å². The molecule has 0 nitrogen and oxygen atoms in total. The molecule has 0 aromatic heterocycles. The van der Waals surface area contributed by atoms with Crippen molar-refractivity contribution in [2.45, 2.75) is 82.4 Å². The maximum Gasteiger partial charge on any atom is 2.00 e. The summed E-state index contributed by atoms with van der Waals surface area (Å²) < 4.78 is -0.527. The molecule has 0 heterocycles. The van der Waals surface area contributed by atoms with Gasteiger partial charge in [0.25, 0.3) is 0 Å². The van der Waals surface area contributed by atoms with Crippen LogP contribution in [0.5, 0.6) is 0 Å². The van der Waals surface area contributed by atoms with Crippen molar-refractivity contribution < 1.29 is 20.4 Å². The van der Waals surface area contributed by atoms with Crippen molar-refractivity contribution >= 4 is 39.0 Å². The van der Waals surface area contributed by atoms with Gasteiger partial charge in [0.15, 0.2) is 0 Å². The Morgan fingerprint density at radius 2 is 0.850 bits per heavy atom. The summed E-state index contributed by atoms with van der Waals surface area (Å²) in [6, 6.07) is 0. The molecule has 0 aromatic rings. The molecule has 0 spiro atoms. The fourth-order valence-corrected chi connectivity index (χ4v) is 9.48. The molecular formula is C15H32Cl2P2Pd+2. The molecule has 0 unspecified atom stereocenters. The zero-order valence-electron chi connectivity index (χ0n) is 14.2. The fraction of sp³-hybridized carbons (Fsp3) is 1.00. The zero-order chi connectivity index (χ0) is 15.4. The van der Waals surface area contributed by atoms with Gasteiger partial charge in [-0.3, -0.25) is 0 Å². The van der Waals surface area contributed by atoms with Crippen LogP contribution in [-0.2, 0) is 20.4 Å². The summed E-state index contributed by atoms with van der Waals surface area (Å²) in [6.45, 7) is 18.5. The standard InChI is InChI=1S/C15H32Cl2P2.Pd/c1-11(2)18(12(3)4)9-15(16,17)10-19(13(5)6)14(7)8;/h11-14H,9-10H2,1-8H3;/q;+2. The van der Waals surface area contributed by atoms with Crippen LogP contribution in [0, 0.1) is 0 Å². The second kappa shape index (κ2) is 10.8. The van der Waals surface area contributed by atoms with E-state index in [4.69, 9.17) is 23.2 Å². The first-order valence-corrected chi connectivity index (χ1v) is 11.5. The molecule has 20 heavy (non-hydrogen) atoms. The summed E-state index contributed by atoms with van der Waals surface area (Å²) >= 11 is 13.4. The molecule has 0 aliphatic rings. The SMILES string of the molecule is CC(C)P(CC(Cl)(Cl)CP(C(C)C)C(C)C)C(C)C.[Pd+2]. The number of alkyl halides is 2. The van der Waals surface area contributed by atoms with Crippen molar-refractivity contribution in [3.63, 3.8) is 0 Å². The first-order valence-electron chi connectivity index (χ1n) is 7.37. The smallest absolute Gasteiger partial charge is 0.101 e. The van der Waals surface area contributed by atoms with E-state index >= 15 is 0 Å². The fourth-order valence-electron chi connectivity index (χ4n) is 2.51. The average molecular weight is 452 g/mol. The van der Waals surface area contributed by atoms with Crippen molar-refractivity contribution in [1.29, 1.82) is 0 Å². The first-order chi connectivity index (χ1) is 8.48. The summed E-state index contributed by atoms with van der Waals surface area (Å²) in [5.41, 5.74) is 2.82. The Balaban J connectivity index is 0. The van der Waals surface area contributed by atoms with Crippen LogP contribution < -0.4 is 0 Å². The second-order valence-corrected chi connectivity index (χ2v) is 15.0. The van der Waals surface area contributed by atoms with E-state index in [9.17, 15) is 0 Å². The van der Waals surface area contributed by atoms with Gasteiger partial charge in [0.2, 0.25) is 0 Å². The van der Waals surface area contributed by atoms with Gasteiger partial charge >= 0.3 is 20.4 Å². The van der Waals surface area contributed by atoms with Crippen LogP contribution in [0.1, 0.15) is 55.4 Å². The van der Waals surface area contributed by atoms with E-state index in [1.165, 1.54) is 0 Å². The van der Waals surface area contributed by atoms with Crippen molar-refractivity contribution in [2.24, 2.45) is 0 Å². The van der Waals surface area contributed by atoms with E-state index in [0.717, 1.165) is 12.3 Å². The Kier molecular flexibility index (Phi) is 13.1. The molecule has 0 saturated carbocycles. The monoisotopic (exact) mass is 450 g/mol. The second-order valence-electron chi connectivity index (χ2n) is 6.58. The summed E-state index contributed by atoms with van der Waals surface area (Å²) in [5, 5.41) is 0. The maximum absolute atomic E-state index is 6.70. The Morgan fingerprint density at radius 1 is 0.650 bits per heavy atom. The van der Waals surface area contributed by atoms with Crippen molar-refractivity contribution in [1.82, 2.24) is 0 Å². The molecule has 0 fully saturated rings. The van der Waals surface area contributed by atoms with E-state index in [0.29, 0.717) is 22.6 Å². The third kappa shape index (κ3) is 9.29. The van der Waals surface area contributed by atoms with Crippen LogP contribution in [0.3, 0.4) is 0 Å². The number of rotatable bonds is 8. The molecule has 0 bridgehead atoms. The third-order valence-electron chi connectivity index (χ3n) is 3.48. The van der Waals surface area contributed by atoms with E-state index in [-0.39, 0.29) is 36.3 Å². The molecule has 0 rings (SSSR count). The van der Waals surface area contributed by atoms with Crippen LogP contribution in [0.2, 0.25) is 0 Å². The summed E-state index contributed by atoms with van der Waals surface area (Å²) in [7, 11) is -0.179. The van der Waals surface area contributed by atoms with Gasteiger partial charge in [-0.2, -0.15) is 0 Å². The van der Waals surface area contributed by atoms with E-state index in [2.05, 4.69) is 55.4 Å². The van der Waals surface area contributed by atoms with E-state index < -0.39 is 4.33 Å². The van der Waals surface area contributed by atoms with Crippen molar-refractivity contribution in [2.75, 3.05) is 12.3 Å². The molecule has 0 aromatic carbocycles. The van der Waals surface area contributed by atoms with Gasteiger partial charge < -0.3 is 0 Å². The van der Waals surface area contributed by atoms with Gasteiger partial charge in [-0.25, -0.2) is 0 Å². The van der Waals surface area contributed by atoms with E-state index in [1.54, 1.807) is 0 Å². The molecule has 0 saturated heterocycles. The Morgan fingerprint density at radius 3 is 1.00 bits per heavy atom.